The first kappa shape index (κ1) is 13.9. The van der Waals surface area contributed by atoms with Gasteiger partial charge >= 0.3 is 6.03 Å². The zero-order chi connectivity index (χ0) is 14.8. The van der Waals surface area contributed by atoms with Gasteiger partial charge in [0, 0.05) is 13.6 Å². The van der Waals surface area contributed by atoms with E-state index in [0.717, 1.165) is 12.0 Å². The third-order valence-electron chi connectivity index (χ3n) is 4.09. The Hall–Kier alpha value is -2.08. The number of nitrogens with zero attached hydrogens (tertiary/aromatic N) is 2. The van der Waals surface area contributed by atoms with E-state index in [9.17, 15) is 9.59 Å². The Morgan fingerprint density at radius 1 is 1.33 bits per heavy atom. The number of piperidine rings is 1. The lowest BCUT2D eigenvalue weighted by Gasteiger charge is -2.28. The van der Waals surface area contributed by atoms with Gasteiger partial charge in [0.05, 0.1) is 6.04 Å². The summed E-state index contributed by atoms with van der Waals surface area (Å²) >= 11 is 0. The number of hydrogen-bond donors (Lipinski definition) is 1. The smallest absolute Gasteiger partial charge is 0.345 e. The second-order valence-electron chi connectivity index (χ2n) is 5.38. The average molecular weight is 289 g/mol. The second kappa shape index (κ2) is 5.73. The summed E-state index contributed by atoms with van der Waals surface area (Å²) < 4.78 is 0. The number of urea groups is 1. The molecule has 2 unspecified atom stereocenters. The second-order valence-corrected chi connectivity index (χ2v) is 5.38. The van der Waals surface area contributed by atoms with Gasteiger partial charge < -0.3 is 10.2 Å². The summed E-state index contributed by atoms with van der Waals surface area (Å²) in [7, 11) is 1.60. The van der Waals surface area contributed by atoms with Crippen molar-refractivity contribution in [2.24, 2.45) is 0 Å². The topological polar surface area (TPSA) is 61.9 Å². The van der Waals surface area contributed by atoms with Crippen molar-refractivity contribution in [2.45, 2.75) is 31.5 Å². The molecule has 2 heterocycles. The van der Waals surface area contributed by atoms with Gasteiger partial charge in [-0.1, -0.05) is 30.3 Å². The quantitative estimate of drug-likeness (QED) is 0.904. The standard InChI is InChI=1S/C15H19N3O3/c1-16-14(19)13-8-7-12-9-17(13)15(20)18(12)21-10-11-5-3-2-4-6-11/h2-6,12-13H,7-10H2,1H3,(H,16,19). The zero-order valence-electron chi connectivity index (χ0n) is 12.0. The van der Waals surface area contributed by atoms with Crippen LogP contribution in [0, 0.1) is 0 Å². The van der Waals surface area contributed by atoms with Gasteiger partial charge in [0.15, 0.2) is 0 Å². The Morgan fingerprint density at radius 2 is 2.10 bits per heavy atom. The maximum atomic E-state index is 12.4. The average Bonchev–Trinajstić information content (AvgIpc) is 2.77. The molecular formula is C15H19N3O3. The highest BCUT2D eigenvalue weighted by atomic mass is 16.7. The number of carbonyl (C=O) groups is 2. The molecule has 2 aliphatic rings. The molecule has 0 radical (unpaired) electrons. The number of hydroxylamine groups is 2. The summed E-state index contributed by atoms with van der Waals surface area (Å²) in [5, 5.41) is 4.06. The van der Waals surface area contributed by atoms with E-state index in [1.165, 1.54) is 5.06 Å². The third kappa shape index (κ3) is 2.58. The fraction of sp³-hybridized carbons (Fsp3) is 0.467. The lowest BCUT2D eigenvalue weighted by molar-refractivity contribution is -0.140. The number of likely N-dealkylation sites (N-methyl/N-ethyl adjacent to an activating group) is 1. The fourth-order valence-electron chi connectivity index (χ4n) is 2.96. The molecule has 112 valence electrons. The predicted molar refractivity (Wildman–Crippen MR) is 76.0 cm³/mol. The Kier molecular flexibility index (Phi) is 3.79. The Balaban J connectivity index is 1.66. The summed E-state index contributed by atoms with van der Waals surface area (Å²) in [5.41, 5.74) is 1.02. The van der Waals surface area contributed by atoms with Crippen molar-refractivity contribution in [3.05, 3.63) is 35.9 Å². The van der Waals surface area contributed by atoms with Crippen molar-refractivity contribution in [1.82, 2.24) is 15.3 Å². The van der Waals surface area contributed by atoms with Crippen LogP contribution in [0.5, 0.6) is 0 Å². The van der Waals surface area contributed by atoms with Gasteiger partial charge in [0.2, 0.25) is 5.91 Å². The van der Waals surface area contributed by atoms with Crippen molar-refractivity contribution in [1.29, 1.82) is 0 Å². The number of rotatable bonds is 4. The molecular weight excluding hydrogens is 270 g/mol. The SMILES string of the molecule is CNC(=O)C1CCC2CN1C(=O)N2OCc1ccccc1. The van der Waals surface area contributed by atoms with E-state index in [-0.39, 0.29) is 24.0 Å². The molecule has 3 rings (SSSR count). The van der Waals surface area contributed by atoms with Crippen LogP contribution in [0.3, 0.4) is 0 Å². The molecule has 2 aliphatic heterocycles. The minimum absolute atomic E-state index is 0.0436. The molecule has 6 nitrogen and oxygen atoms in total. The van der Waals surface area contributed by atoms with Crippen LogP contribution in [0.1, 0.15) is 18.4 Å². The van der Waals surface area contributed by atoms with Crippen LogP contribution in [0.15, 0.2) is 30.3 Å². The Labute approximate surface area is 123 Å². The van der Waals surface area contributed by atoms with E-state index in [1.54, 1.807) is 11.9 Å². The van der Waals surface area contributed by atoms with Crippen LogP contribution < -0.4 is 5.32 Å². The van der Waals surface area contributed by atoms with Crippen LogP contribution in [-0.2, 0) is 16.2 Å². The predicted octanol–water partition coefficient (Wildman–Crippen LogP) is 1.13. The van der Waals surface area contributed by atoms with E-state index in [1.807, 2.05) is 30.3 Å². The number of benzene rings is 1. The minimum Gasteiger partial charge on any atom is -0.357 e. The van der Waals surface area contributed by atoms with Crippen LogP contribution in [0.25, 0.3) is 0 Å². The molecule has 3 amide bonds. The molecule has 1 aromatic carbocycles. The van der Waals surface area contributed by atoms with Crippen LogP contribution in [0.4, 0.5) is 4.79 Å². The molecule has 6 heteroatoms. The van der Waals surface area contributed by atoms with E-state index in [0.29, 0.717) is 19.6 Å². The molecule has 21 heavy (non-hydrogen) atoms. The highest BCUT2D eigenvalue weighted by Gasteiger charge is 2.47. The summed E-state index contributed by atoms with van der Waals surface area (Å²) in [6.07, 6.45) is 1.47. The first-order valence-electron chi connectivity index (χ1n) is 7.19. The molecule has 0 saturated carbocycles. The summed E-state index contributed by atoms with van der Waals surface area (Å²) in [4.78, 5) is 31.5. The number of fused-ring (bicyclic) bond motifs is 2. The molecule has 0 aliphatic carbocycles. The summed E-state index contributed by atoms with van der Waals surface area (Å²) in [5.74, 6) is -0.105. The number of nitrogens with one attached hydrogen (secondary N) is 1. The van der Waals surface area contributed by atoms with Gasteiger partial charge in [-0.2, -0.15) is 5.06 Å². The van der Waals surface area contributed by atoms with E-state index >= 15 is 0 Å². The summed E-state index contributed by atoms with van der Waals surface area (Å²) in [6, 6.07) is 9.20. The first-order chi connectivity index (χ1) is 10.2. The number of hydrogen-bond acceptors (Lipinski definition) is 3. The van der Waals surface area contributed by atoms with Gasteiger partial charge in [-0.05, 0) is 18.4 Å². The van der Waals surface area contributed by atoms with Crippen molar-refractivity contribution in [3.63, 3.8) is 0 Å². The van der Waals surface area contributed by atoms with Crippen molar-refractivity contribution in [3.8, 4) is 0 Å². The molecule has 1 aromatic rings. The van der Waals surface area contributed by atoms with E-state index in [2.05, 4.69) is 5.32 Å². The Bertz CT molecular complexity index is 534. The van der Waals surface area contributed by atoms with Gasteiger partial charge in [-0.15, -0.1) is 0 Å². The highest BCUT2D eigenvalue weighted by Crippen LogP contribution is 2.30. The first-order valence-corrected chi connectivity index (χ1v) is 7.19. The maximum absolute atomic E-state index is 12.4. The minimum atomic E-state index is -0.371. The zero-order valence-corrected chi connectivity index (χ0v) is 12.0. The lowest BCUT2D eigenvalue weighted by Crippen LogP contribution is -2.48. The molecule has 2 fully saturated rings. The Morgan fingerprint density at radius 3 is 2.81 bits per heavy atom. The van der Waals surface area contributed by atoms with Gasteiger partial charge in [-0.25, -0.2) is 4.79 Å². The van der Waals surface area contributed by atoms with Crippen LogP contribution >= 0.6 is 0 Å². The number of amides is 3. The van der Waals surface area contributed by atoms with Gasteiger partial charge in [0.1, 0.15) is 12.6 Å². The highest BCUT2D eigenvalue weighted by molar-refractivity contribution is 5.88. The largest absolute Gasteiger partial charge is 0.357 e. The fourth-order valence-corrected chi connectivity index (χ4v) is 2.96. The monoisotopic (exact) mass is 289 g/mol. The molecule has 2 atom stereocenters. The molecule has 1 N–H and O–H groups in total. The normalized spacial score (nSPS) is 24.3. The maximum Gasteiger partial charge on any atom is 0.345 e. The van der Waals surface area contributed by atoms with Crippen molar-refractivity contribution in [2.75, 3.05) is 13.6 Å². The summed E-state index contributed by atoms with van der Waals surface area (Å²) in [6.45, 7) is 0.924. The van der Waals surface area contributed by atoms with E-state index in [4.69, 9.17) is 4.84 Å². The van der Waals surface area contributed by atoms with Crippen molar-refractivity contribution >= 4 is 11.9 Å². The third-order valence-corrected chi connectivity index (χ3v) is 4.09. The van der Waals surface area contributed by atoms with Gasteiger partial charge in [0.25, 0.3) is 0 Å². The van der Waals surface area contributed by atoms with Crippen LogP contribution in [0.2, 0.25) is 0 Å². The number of carbonyl (C=O) groups excluding carboxylic acids is 2. The molecule has 2 bridgehead atoms. The van der Waals surface area contributed by atoms with Crippen molar-refractivity contribution < 1.29 is 14.4 Å². The lowest BCUT2D eigenvalue weighted by atomic mass is 10.0. The molecule has 0 spiro atoms. The van der Waals surface area contributed by atoms with Crippen LogP contribution in [-0.4, -0.2) is 47.6 Å². The van der Waals surface area contributed by atoms with E-state index < -0.39 is 0 Å². The molecule has 0 aromatic heterocycles. The van der Waals surface area contributed by atoms with Gasteiger partial charge in [-0.3, -0.25) is 9.63 Å². The molecule has 2 saturated heterocycles.